The van der Waals surface area contributed by atoms with Gasteiger partial charge in [0.25, 0.3) is 0 Å². The minimum Gasteiger partial charge on any atom is -0.247 e. The summed E-state index contributed by atoms with van der Waals surface area (Å²) in [6, 6.07) is 5.91. The van der Waals surface area contributed by atoms with Crippen LogP contribution in [0.2, 0.25) is 0 Å². The molecule has 1 nitrogen and oxygen atoms in total. The molecule has 6 heteroatoms. The van der Waals surface area contributed by atoms with Crippen LogP contribution < -0.4 is 0 Å². The van der Waals surface area contributed by atoms with E-state index in [1.807, 2.05) is 0 Å². The summed E-state index contributed by atoms with van der Waals surface area (Å²) in [5.41, 5.74) is -0.463. The van der Waals surface area contributed by atoms with Gasteiger partial charge in [-0.3, -0.25) is 0 Å². The largest absolute Gasteiger partial charge is 0.416 e. The molecule has 0 aliphatic carbocycles. The smallest absolute Gasteiger partial charge is 0.247 e. The van der Waals surface area contributed by atoms with Crippen molar-refractivity contribution in [3.63, 3.8) is 0 Å². The molecule has 20 heavy (non-hydrogen) atoms. The predicted octanol–water partition coefficient (Wildman–Crippen LogP) is 5.04. The molecule has 0 aromatic heterocycles. The average molecular weight is 308 g/mol. The lowest BCUT2D eigenvalue weighted by Gasteiger charge is -2.12. The minimum absolute atomic E-state index is 0.0337. The Morgan fingerprint density at radius 3 is 2.20 bits per heavy atom. The van der Waals surface area contributed by atoms with E-state index in [0.717, 1.165) is 5.56 Å². The Morgan fingerprint density at radius 1 is 1.20 bits per heavy atom. The van der Waals surface area contributed by atoms with E-state index < -0.39 is 34.1 Å². The molecule has 1 aromatic rings. The van der Waals surface area contributed by atoms with Crippen molar-refractivity contribution < 1.29 is 21.8 Å². The maximum absolute atomic E-state index is 13.9. The number of alkyl halides is 3. The van der Waals surface area contributed by atoms with Gasteiger partial charge < -0.3 is 0 Å². The van der Waals surface area contributed by atoms with Gasteiger partial charge in [0.2, 0.25) is 0 Å². The van der Waals surface area contributed by atoms with Gasteiger partial charge in [-0.2, -0.15) is 17.6 Å². The fraction of sp³-hybridized carbons (Fsp3) is 0.429. The number of hydrogen-bond acceptors (Lipinski definition) is 1. The molecule has 1 aromatic carbocycles. The summed E-state index contributed by atoms with van der Waals surface area (Å²) < 4.78 is 64.2. The van der Waals surface area contributed by atoms with Crippen molar-refractivity contribution in [2.75, 3.05) is 0 Å². The molecule has 0 spiro atoms. The summed E-state index contributed by atoms with van der Waals surface area (Å²) in [6.45, 7) is 3.49. The Kier molecular flexibility index (Phi) is 5.92. The van der Waals surface area contributed by atoms with Crippen LogP contribution in [0.25, 0.3) is 0 Å². The van der Waals surface area contributed by atoms with E-state index in [0.29, 0.717) is 6.42 Å². The number of rotatable bonds is 5. The highest BCUT2D eigenvalue weighted by atomic mass is 32.2. The van der Waals surface area contributed by atoms with Gasteiger partial charge in [0.1, 0.15) is 10.8 Å². The van der Waals surface area contributed by atoms with Crippen molar-refractivity contribution in [2.45, 2.75) is 44.2 Å². The number of benzene rings is 1. The Balaban J connectivity index is 3.13. The molecule has 0 bridgehead atoms. The average Bonchev–Trinajstić information content (AvgIpc) is 2.37. The van der Waals surface area contributed by atoms with E-state index in [4.69, 9.17) is 0 Å². The van der Waals surface area contributed by atoms with E-state index >= 15 is 0 Å². The molecule has 0 N–H and O–H groups in total. The fourth-order valence-corrected chi connectivity index (χ4v) is 2.61. The molecule has 1 unspecified atom stereocenters. The minimum atomic E-state index is -4.79. The first-order valence-electron chi connectivity index (χ1n) is 6.21. The van der Waals surface area contributed by atoms with Gasteiger partial charge in [0.05, 0.1) is 5.57 Å². The Labute approximate surface area is 118 Å². The Hall–Kier alpha value is -1.17. The van der Waals surface area contributed by atoms with Crippen LogP contribution in [0, 0.1) is 6.92 Å². The molecule has 112 valence electrons. The lowest BCUT2D eigenvalue weighted by atomic mass is 10.1. The first-order valence-corrected chi connectivity index (χ1v) is 7.36. The topological polar surface area (TPSA) is 17.1 Å². The van der Waals surface area contributed by atoms with E-state index in [-0.39, 0.29) is 11.3 Å². The van der Waals surface area contributed by atoms with Crippen molar-refractivity contribution in [2.24, 2.45) is 0 Å². The summed E-state index contributed by atoms with van der Waals surface area (Å²) in [7, 11) is -2.42. The van der Waals surface area contributed by atoms with Gasteiger partial charge in [0.15, 0.2) is 5.16 Å². The Bertz CT molecular complexity index is 503. The quantitative estimate of drug-likeness (QED) is 0.697. The second-order valence-corrected chi connectivity index (χ2v) is 5.80. The third kappa shape index (κ3) is 4.44. The third-order valence-electron chi connectivity index (χ3n) is 2.76. The van der Waals surface area contributed by atoms with E-state index in [1.165, 1.54) is 12.1 Å². The fourth-order valence-electron chi connectivity index (χ4n) is 1.58. The van der Waals surface area contributed by atoms with Gasteiger partial charge in [0, 0.05) is 4.90 Å². The SMILES string of the molecule is CCCC/C(=C(/F)S(=O)c1ccc(C)cc1)C(F)(F)F. The summed E-state index contributed by atoms with van der Waals surface area (Å²) in [5.74, 6) is 0. The standard InChI is InChI=1S/C14H16F4OS/c1-3-4-5-12(14(16,17)18)13(15)20(19)11-8-6-10(2)7-9-11/h6-9H,3-5H2,1-2H3/b13-12+. The highest BCUT2D eigenvalue weighted by Crippen LogP contribution is 2.35. The zero-order valence-electron chi connectivity index (χ0n) is 11.3. The molecular formula is C14H16F4OS. The predicted molar refractivity (Wildman–Crippen MR) is 71.3 cm³/mol. The number of aryl methyl sites for hydroxylation is 1. The van der Waals surface area contributed by atoms with Gasteiger partial charge in [-0.1, -0.05) is 31.0 Å². The van der Waals surface area contributed by atoms with E-state index in [9.17, 15) is 21.8 Å². The van der Waals surface area contributed by atoms with Gasteiger partial charge >= 0.3 is 6.18 Å². The second kappa shape index (κ2) is 7.02. The van der Waals surface area contributed by atoms with Crippen molar-refractivity contribution in [3.05, 3.63) is 40.6 Å². The van der Waals surface area contributed by atoms with Crippen molar-refractivity contribution >= 4 is 10.8 Å². The lowest BCUT2D eigenvalue weighted by molar-refractivity contribution is -0.0954. The zero-order valence-corrected chi connectivity index (χ0v) is 12.1. The molecular weight excluding hydrogens is 292 g/mol. The van der Waals surface area contributed by atoms with Gasteiger partial charge in [-0.05, 0) is 31.9 Å². The number of hydrogen-bond donors (Lipinski definition) is 0. The molecule has 0 saturated carbocycles. The number of unbranched alkanes of at least 4 members (excludes halogenated alkanes) is 1. The maximum atomic E-state index is 13.9. The normalized spacial score (nSPS) is 14.9. The molecule has 1 atom stereocenters. The molecule has 1 rings (SSSR count). The molecule has 0 saturated heterocycles. The summed E-state index contributed by atoms with van der Waals surface area (Å²) in [5, 5.41) is -1.59. The number of allylic oxidation sites excluding steroid dienone is 1. The molecule has 0 amide bonds. The highest BCUT2D eigenvalue weighted by Gasteiger charge is 2.38. The maximum Gasteiger partial charge on any atom is 0.416 e. The molecule has 0 aliphatic rings. The molecule has 0 fully saturated rings. The van der Waals surface area contributed by atoms with Crippen molar-refractivity contribution in [1.82, 2.24) is 0 Å². The third-order valence-corrected chi connectivity index (χ3v) is 4.03. The lowest BCUT2D eigenvalue weighted by Crippen LogP contribution is -2.15. The van der Waals surface area contributed by atoms with Crippen LogP contribution in [0.15, 0.2) is 39.9 Å². The van der Waals surface area contributed by atoms with E-state index in [1.54, 1.807) is 26.0 Å². The van der Waals surface area contributed by atoms with Gasteiger partial charge in [-0.15, -0.1) is 0 Å². The van der Waals surface area contributed by atoms with Crippen LogP contribution in [0.4, 0.5) is 17.6 Å². The van der Waals surface area contributed by atoms with Gasteiger partial charge in [-0.25, -0.2) is 4.21 Å². The Morgan fingerprint density at radius 2 is 1.75 bits per heavy atom. The molecule has 0 radical (unpaired) electrons. The van der Waals surface area contributed by atoms with Crippen LogP contribution in [0.5, 0.6) is 0 Å². The van der Waals surface area contributed by atoms with Crippen LogP contribution >= 0.6 is 0 Å². The molecule has 0 aliphatic heterocycles. The number of halogens is 4. The first kappa shape index (κ1) is 16.9. The second-order valence-electron chi connectivity index (χ2n) is 4.44. The summed E-state index contributed by atoms with van der Waals surface area (Å²) in [4.78, 5) is 0.0337. The first-order chi connectivity index (χ1) is 9.27. The summed E-state index contributed by atoms with van der Waals surface area (Å²) in [6.07, 6.45) is -4.54. The van der Waals surface area contributed by atoms with Crippen molar-refractivity contribution in [1.29, 1.82) is 0 Å². The van der Waals surface area contributed by atoms with Crippen LogP contribution in [-0.4, -0.2) is 10.4 Å². The van der Waals surface area contributed by atoms with Crippen LogP contribution in [-0.2, 0) is 10.8 Å². The molecule has 0 heterocycles. The van der Waals surface area contributed by atoms with Crippen LogP contribution in [0.1, 0.15) is 31.7 Å². The summed E-state index contributed by atoms with van der Waals surface area (Å²) >= 11 is 0. The monoisotopic (exact) mass is 308 g/mol. The highest BCUT2D eigenvalue weighted by molar-refractivity contribution is 7.88. The van der Waals surface area contributed by atoms with Crippen LogP contribution in [0.3, 0.4) is 0 Å². The van der Waals surface area contributed by atoms with E-state index in [2.05, 4.69) is 0 Å². The van der Waals surface area contributed by atoms with Crippen molar-refractivity contribution in [3.8, 4) is 0 Å². The zero-order chi connectivity index (χ0) is 15.3.